The first-order valence-corrected chi connectivity index (χ1v) is 8.62. The van der Waals surface area contributed by atoms with E-state index in [1.165, 1.54) is 16.0 Å². The molecular weight excluding hydrogens is 292 g/mol. The van der Waals surface area contributed by atoms with Crippen molar-refractivity contribution in [2.75, 3.05) is 18.4 Å². The van der Waals surface area contributed by atoms with E-state index in [0.29, 0.717) is 6.54 Å². The summed E-state index contributed by atoms with van der Waals surface area (Å²) < 4.78 is 1.16. The van der Waals surface area contributed by atoms with Crippen LogP contribution in [0, 0.1) is 6.92 Å². The molecule has 22 heavy (non-hydrogen) atoms. The number of hydrogen-bond acceptors (Lipinski definition) is 5. The number of nitrogens with two attached hydrogens (primary N) is 1. The SMILES string of the molecule is CCc1nc(NCC2=CC=CC2)c2sc(CCN)c(C)c2n1. The number of hydrogen-bond donors (Lipinski definition) is 2. The maximum atomic E-state index is 5.73. The van der Waals surface area contributed by atoms with Crippen molar-refractivity contribution in [1.82, 2.24) is 9.97 Å². The van der Waals surface area contributed by atoms with Crippen LogP contribution in [0.5, 0.6) is 0 Å². The molecule has 1 aliphatic rings. The lowest BCUT2D eigenvalue weighted by Gasteiger charge is -2.09. The van der Waals surface area contributed by atoms with Gasteiger partial charge < -0.3 is 11.1 Å². The topological polar surface area (TPSA) is 63.8 Å². The molecule has 0 bridgehead atoms. The van der Waals surface area contributed by atoms with Gasteiger partial charge in [0.05, 0.1) is 10.2 Å². The molecule has 2 heterocycles. The molecule has 2 aromatic rings. The van der Waals surface area contributed by atoms with E-state index in [1.807, 2.05) is 0 Å². The summed E-state index contributed by atoms with van der Waals surface area (Å²) in [5.41, 5.74) is 9.46. The van der Waals surface area contributed by atoms with Crippen LogP contribution in [0.3, 0.4) is 0 Å². The van der Waals surface area contributed by atoms with Gasteiger partial charge in [0.1, 0.15) is 11.6 Å². The van der Waals surface area contributed by atoms with E-state index in [0.717, 1.165) is 47.7 Å². The summed E-state index contributed by atoms with van der Waals surface area (Å²) in [6, 6.07) is 0. The molecule has 0 spiro atoms. The van der Waals surface area contributed by atoms with Crippen LogP contribution in [0.2, 0.25) is 0 Å². The second-order valence-corrected chi connectivity index (χ2v) is 6.62. The maximum absolute atomic E-state index is 5.73. The highest BCUT2D eigenvalue weighted by molar-refractivity contribution is 7.19. The van der Waals surface area contributed by atoms with Gasteiger partial charge in [-0.25, -0.2) is 9.97 Å². The van der Waals surface area contributed by atoms with E-state index in [-0.39, 0.29) is 0 Å². The van der Waals surface area contributed by atoms with Crippen LogP contribution in [0.15, 0.2) is 23.8 Å². The van der Waals surface area contributed by atoms with Gasteiger partial charge in [-0.15, -0.1) is 11.3 Å². The van der Waals surface area contributed by atoms with Crippen LogP contribution in [0.4, 0.5) is 5.82 Å². The summed E-state index contributed by atoms with van der Waals surface area (Å²) in [5.74, 6) is 1.86. The van der Waals surface area contributed by atoms with Crippen molar-refractivity contribution in [1.29, 1.82) is 0 Å². The van der Waals surface area contributed by atoms with Gasteiger partial charge in [-0.3, -0.25) is 0 Å². The molecule has 0 unspecified atom stereocenters. The summed E-state index contributed by atoms with van der Waals surface area (Å²) >= 11 is 1.77. The fraction of sp³-hybridized carbons (Fsp3) is 0.412. The molecule has 4 nitrogen and oxygen atoms in total. The first-order chi connectivity index (χ1) is 10.7. The largest absolute Gasteiger partial charge is 0.365 e. The van der Waals surface area contributed by atoms with E-state index >= 15 is 0 Å². The zero-order valence-corrected chi connectivity index (χ0v) is 14.0. The Balaban J connectivity index is 1.97. The molecule has 0 aliphatic heterocycles. The summed E-state index contributed by atoms with van der Waals surface area (Å²) in [5, 5.41) is 3.51. The summed E-state index contributed by atoms with van der Waals surface area (Å²) in [7, 11) is 0. The number of nitrogens with one attached hydrogen (secondary N) is 1. The third kappa shape index (κ3) is 2.91. The molecule has 5 heteroatoms. The van der Waals surface area contributed by atoms with Gasteiger partial charge in [-0.05, 0) is 37.4 Å². The molecule has 116 valence electrons. The number of aryl methyl sites for hydroxylation is 2. The number of allylic oxidation sites excluding steroid dienone is 3. The van der Waals surface area contributed by atoms with Gasteiger partial charge >= 0.3 is 0 Å². The molecule has 0 atom stereocenters. The van der Waals surface area contributed by atoms with Gasteiger partial charge in [-0.2, -0.15) is 0 Å². The van der Waals surface area contributed by atoms with Crippen LogP contribution < -0.4 is 11.1 Å². The Bertz CT molecular complexity index is 743. The van der Waals surface area contributed by atoms with Crippen molar-refractivity contribution in [3.05, 3.63) is 40.1 Å². The highest BCUT2D eigenvalue weighted by atomic mass is 32.1. The standard InChI is InChI=1S/C17H22N4S/c1-3-14-20-15-11(2)13(8-9-18)22-16(15)17(21-14)19-10-12-6-4-5-7-12/h4-6H,3,7-10,18H2,1-2H3,(H,19,20,21). The Morgan fingerprint density at radius 1 is 1.36 bits per heavy atom. The number of rotatable bonds is 6. The zero-order chi connectivity index (χ0) is 15.5. The van der Waals surface area contributed by atoms with Crippen molar-refractivity contribution in [3.63, 3.8) is 0 Å². The van der Waals surface area contributed by atoms with Crippen molar-refractivity contribution in [3.8, 4) is 0 Å². The van der Waals surface area contributed by atoms with E-state index in [2.05, 4.69) is 37.4 Å². The van der Waals surface area contributed by atoms with E-state index < -0.39 is 0 Å². The predicted molar refractivity (Wildman–Crippen MR) is 94.6 cm³/mol. The van der Waals surface area contributed by atoms with Gasteiger partial charge in [0.25, 0.3) is 0 Å². The van der Waals surface area contributed by atoms with Gasteiger partial charge in [0.2, 0.25) is 0 Å². The highest BCUT2D eigenvalue weighted by Gasteiger charge is 2.15. The lowest BCUT2D eigenvalue weighted by Crippen LogP contribution is -2.07. The number of nitrogens with zero attached hydrogens (tertiary/aromatic N) is 2. The molecule has 0 radical (unpaired) electrons. The predicted octanol–water partition coefficient (Wildman–Crippen LogP) is 3.36. The highest BCUT2D eigenvalue weighted by Crippen LogP contribution is 2.34. The van der Waals surface area contributed by atoms with Crippen molar-refractivity contribution >= 4 is 27.4 Å². The second-order valence-electron chi connectivity index (χ2n) is 5.52. The van der Waals surface area contributed by atoms with Crippen molar-refractivity contribution in [2.45, 2.75) is 33.1 Å². The molecule has 0 saturated heterocycles. The molecule has 0 saturated carbocycles. The Labute approximate surface area is 135 Å². The molecule has 0 aromatic carbocycles. The van der Waals surface area contributed by atoms with Crippen LogP contribution >= 0.6 is 11.3 Å². The second kappa shape index (κ2) is 6.58. The number of thiophene rings is 1. The Morgan fingerprint density at radius 3 is 2.91 bits per heavy atom. The minimum atomic E-state index is 0.670. The first-order valence-electron chi connectivity index (χ1n) is 7.80. The normalized spacial score (nSPS) is 13.9. The average Bonchev–Trinajstić information content (AvgIpc) is 3.15. The smallest absolute Gasteiger partial charge is 0.148 e. The lowest BCUT2D eigenvalue weighted by atomic mass is 10.2. The molecule has 1 aliphatic carbocycles. The molecular formula is C17H22N4S. The van der Waals surface area contributed by atoms with Crippen LogP contribution in [-0.2, 0) is 12.8 Å². The quantitative estimate of drug-likeness (QED) is 0.858. The van der Waals surface area contributed by atoms with Crippen molar-refractivity contribution in [2.24, 2.45) is 5.73 Å². The van der Waals surface area contributed by atoms with Gasteiger partial charge in [0, 0.05) is 17.8 Å². The Morgan fingerprint density at radius 2 is 2.23 bits per heavy atom. The van der Waals surface area contributed by atoms with E-state index in [9.17, 15) is 0 Å². The van der Waals surface area contributed by atoms with Crippen LogP contribution in [0.1, 0.15) is 29.6 Å². The van der Waals surface area contributed by atoms with Crippen LogP contribution in [0.25, 0.3) is 10.2 Å². The number of anilines is 1. The number of fused-ring (bicyclic) bond motifs is 1. The summed E-state index contributed by atoms with van der Waals surface area (Å²) in [4.78, 5) is 10.8. The number of aromatic nitrogens is 2. The van der Waals surface area contributed by atoms with Gasteiger partial charge in [-0.1, -0.05) is 25.2 Å². The maximum Gasteiger partial charge on any atom is 0.148 e. The summed E-state index contributed by atoms with van der Waals surface area (Å²) in [6.45, 7) is 5.74. The Kier molecular flexibility index (Phi) is 4.55. The zero-order valence-electron chi connectivity index (χ0n) is 13.1. The molecule has 3 rings (SSSR count). The third-order valence-corrected chi connectivity index (χ3v) is 5.28. The van der Waals surface area contributed by atoms with Crippen molar-refractivity contribution < 1.29 is 0 Å². The molecule has 0 amide bonds. The van der Waals surface area contributed by atoms with E-state index in [1.54, 1.807) is 11.3 Å². The first kappa shape index (κ1) is 15.2. The minimum absolute atomic E-state index is 0.670. The third-order valence-electron chi connectivity index (χ3n) is 3.93. The molecule has 2 aromatic heterocycles. The summed E-state index contributed by atoms with van der Waals surface area (Å²) in [6.07, 6.45) is 9.24. The fourth-order valence-electron chi connectivity index (χ4n) is 2.65. The molecule has 0 fully saturated rings. The minimum Gasteiger partial charge on any atom is -0.365 e. The fourth-order valence-corrected chi connectivity index (χ4v) is 3.87. The van der Waals surface area contributed by atoms with Crippen LogP contribution in [-0.4, -0.2) is 23.1 Å². The average molecular weight is 314 g/mol. The monoisotopic (exact) mass is 314 g/mol. The van der Waals surface area contributed by atoms with Gasteiger partial charge in [0.15, 0.2) is 0 Å². The lowest BCUT2D eigenvalue weighted by molar-refractivity contribution is 0.953. The molecule has 3 N–H and O–H groups in total. The Hall–Kier alpha value is -1.72. The van der Waals surface area contributed by atoms with E-state index in [4.69, 9.17) is 15.7 Å².